The van der Waals surface area contributed by atoms with Crippen LogP contribution in [0.5, 0.6) is 5.75 Å². The number of aliphatic carboxylic acids is 1. The molecule has 0 atom stereocenters. The molecule has 1 N–H and O–H groups in total. The summed E-state index contributed by atoms with van der Waals surface area (Å²) < 4.78 is 52.3. The number of hydrogen-bond acceptors (Lipinski definition) is 2. The quantitative estimate of drug-likeness (QED) is 0.662. The molecular weight excluding hydrogens is 244 g/mol. The normalized spacial score (nSPS) is 12.4. The highest BCUT2D eigenvalue weighted by molar-refractivity contribution is 5.90. The molecule has 0 bridgehead atoms. The van der Waals surface area contributed by atoms with Crippen LogP contribution in [0, 0.1) is 0 Å². The maximum atomic E-state index is 12.7. The summed E-state index contributed by atoms with van der Waals surface area (Å²) in [6, 6.07) is 4.62. The minimum absolute atomic E-state index is 0.315. The molecule has 0 aliphatic heterocycles. The number of alkyl halides is 3. The Morgan fingerprint density at radius 2 is 1.88 bits per heavy atom. The smallest absolute Gasteiger partial charge is 0.476 e. The zero-order chi connectivity index (χ0) is 13.1. The van der Waals surface area contributed by atoms with Crippen molar-refractivity contribution in [3.8, 4) is 5.75 Å². The number of para-hydroxylation sites is 1. The van der Waals surface area contributed by atoms with Crippen LogP contribution in [0.15, 0.2) is 30.1 Å². The zero-order valence-electron chi connectivity index (χ0n) is 8.16. The SMILES string of the molecule is O=C(O)C(F)=Cc1ccccc1OC(F)(F)F. The minimum Gasteiger partial charge on any atom is -0.476 e. The molecule has 3 nitrogen and oxygen atoms in total. The van der Waals surface area contributed by atoms with Crippen molar-refractivity contribution in [2.24, 2.45) is 0 Å². The van der Waals surface area contributed by atoms with Gasteiger partial charge < -0.3 is 9.84 Å². The average Bonchev–Trinajstić information content (AvgIpc) is 2.18. The molecule has 0 aliphatic rings. The third-order valence-corrected chi connectivity index (χ3v) is 1.63. The molecular formula is C10H6F4O3. The lowest BCUT2D eigenvalue weighted by Gasteiger charge is -2.10. The Labute approximate surface area is 92.9 Å². The molecule has 1 aromatic rings. The molecule has 1 aromatic carbocycles. The topological polar surface area (TPSA) is 46.5 Å². The van der Waals surface area contributed by atoms with Crippen molar-refractivity contribution in [1.82, 2.24) is 0 Å². The molecule has 17 heavy (non-hydrogen) atoms. The number of carboxylic acids is 1. The Hall–Kier alpha value is -2.05. The summed E-state index contributed by atoms with van der Waals surface area (Å²) in [7, 11) is 0. The van der Waals surface area contributed by atoms with E-state index in [0.717, 1.165) is 12.1 Å². The van der Waals surface area contributed by atoms with Gasteiger partial charge >= 0.3 is 12.3 Å². The zero-order valence-corrected chi connectivity index (χ0v) is 8.16. The summed E-state index contributed by atoms with van der Waals surface area (Å²) in [5, 5.41) is 8.26. The fourth-order valence-electron chi connectivity index (χ4n) is 1.02. The second-order valence-electron chi connectivity index (χ2n) is 2.88. The van der Waals surface area contributed by atoms with Crippen molar-refractivity contribution in [1.29, 1.82) is 0 Å². The fraction of sp³-hybridized carbons (Fsp3) is 0.100. The van der Waals surface area contributed by atoms with Gasteiger partial charge in [-0.2, -0.15) is 4.39 Å². The molecule has 0 saturated heterocycles. The first kappa shape index (κ1) is 13.0. The summed E-state index contributed by atoms with van der Waals surface area (Å²) >= 11 is 0. The Balaban J connectivity index is 3.09. The van der Waals surface area contributed by atoms with Gasteiger partial charge in [0.1, 0.15) is 5.75 Å². The molecule has 0 fully saturated rings. The lowest BCUT2D eigenvalue weighted by Crippen LogP contribution is -2.17. The maximum Gasteiger partial charge on any atom is 0.573 e. The van der Waals surface area contributed by atoms with E-state index in [4.69, 9.17) is 5.11 Å². The Bertz CT molecular complexity index is 451. The minimum atomic E-state index is -4.93. The van der Waals surface area contributed by atoms with Crippen LogP contribution in [0.3, 0.4) is 0 Å². The van der Waals surface area contributed by atoms with Crippen LogP contribution in [0.25, 0.3) is 6.08 Å². The predicted molar refractivity (Wildman–Crippen MR) is 49.8 cm³/mol. The van der Waals surface area contributed by atoms with Crippen molar-refractivity contribution in [2.75, 3.05) is 0 Å². The van der Waals surface area contributed by atoms with Crippen molar-refractivity contribution in [3.05, 3.63) is 35.7 Å². The van der Waals surface area contributed by atoms with Crippen LogP contribution >= 0.6 is 0 Å². The van der Waals surface area contributed by atoms with Gasteiger partial charge in [0.15, 0.2) is 0 Å². The van der Waals surface area contributed by atoms with Gasteiger partial charge in [-0.05, 0) is 12.1 Å². The van der Waals surface area contributed by atoms with Crippen LogP contribution < -0.4 is 4.74 Å². The first-order valence-electron chi connectivity index (χ1n) is 4.25. The van der Waals surface area contributed by atoms with Gasteiger partial charge in [-0.25, -0.2) is 4.79 Å². The van der Waals surface area contributed by atoms with Crippen LogP contribution in [-0.4, -0.2) is 17.4 Å². The van der Waals surface area contributed by atoms with Crippen LogP contribution in [-0.2, 0) is 4.79 Å². The van der Waals surface area contributed by atoms with Gasteiger partial charge in [0.05, 0.1) is 0 Å². The summed E-state index contributed by atoms with van der Waals surface area (Å²) in [4.78, 5) is 10.2. The number of ether oxygens (including phenoxy) is 1. The van der Waals surface area contributed by atoms with E-state index < -0.39 is 23.9 Å². The first-order valence-corrected chi connectivity index (χ1v) is 4.25. The lowest BCUT2D eigenvalue weighted by molar-refractivity contribution is -0.274. The summed E-state index contributed by atoms with van der Waals surface area (Å²) in [5.74, 6) is -4.12. The average molecular weight is 250 g/mol. The van der Waals surface area contributed by atoms with Crippen LogP contribution in [0.2, 0.25) is 0 Å². The largest absolute Gasteiger partial charge is 0.573 e. The number of rotatable bonds is 3. The van der Waals surface area contributed by atoms with E-state index >= 15 is 0 Å². The highest BCUT2D eigenvalue weighted by Gasteiger charge is 2.31. The van der Waals surface area contributed by atoms with Gasteiger partial charge in [-0.3, -0.25) is 0 Å². The molecule has 0 aromatic heterocycles. The Morgan fingerprint density at radius 3 is 2.41 bits per heavy atom. The number of hydrogen-bond donors (Lipinski definition) is 1. The third kappa shape index (κ3) is 4.13. The van der Waals surface area contributed by atoms with Crippen LogP contribution in [0.1, 0.15) is 5.56 Å². The van der Waals surface area contributed by atoms with E-state index in [0.29, 0.717) is 6.08 Å². The van der Waals surface area contributed by atoms with E-state index in [1.54, 1.807) is 0 Å². The van der Waals surface area contributed by atoms with Crippen molar-refractivity contribution >= 4 is 12.0 Å². The molecule has 0 spiro atoms. The molecule has 0 unspecified atom stereocenters. The molecule has 92 valence electrons. The van der Waals surface area contributed by atoms with Gasteiger partial charge in [0.25, 0.3) is 0 Å². The molecule has 0 amide bonds. The standard InChI is InChI=1S/C10H6F4O3/c11-7(9(15)16)5-6-3-1-2-4-8(6)17-10(12,13)14/h1-5H,(H,15,16). The summed E-state index contributed by atoms with van der Waals surface area (Å²) in [6.45, 7) is 0. The second kappa shape index (κ2) is 4.86. The van der Waals surface area contributed by atoms with Gasteiger partial charge in [0, 0.05) is 5.56 Å². The summed E-state index contributed by atoms with van der Waals surface area (Å²) in [5.41, 5.74) is -0.315. The van der Waals surface area contributed by atoms with Crippen molar-refractivity contribution in [2.45, 2.75) is 6.36 Å². The molecule has 0 aliphatic carbocycles. The van der Waals surface area contributed by atoms with Crippen molar-refractivity contribution in [3.63, 3.8) is 0 Å². The van der Waals surface area contributed by atoms with Gasteiger partial charge in [-0.15, -0.1) is 13.2 Å². The molecule has 1 rings (SSSR count). The third-order valence-electron chi connectivity index (χ3n) is 1.63. The van der Waals surface area contributed by atoms with E-state index in [1.807, 2.05) is 0 Å². The molecule has 0 heterocycles. The molecule has 0 radical (unpaired) electrons. The number of benzene rings is 1. The fourth-order valence-corrected chi connectivity index (χ4v) is 1.02. The summed E-state index contributed by atoms with van der Waals surface area (Å²) in [6.07, 6.45) is -4.48. The Kier molecular flexibility index (Phi) is 3.72. The monoisotopic (exact) mass is 250 g/mol. The van der Waals surface area contributed by atoms with E-state index in [2.05, 4.69) is 4.74 Å². The first-order chi connectivity index (χ1) is 7.79. The number of halogens is 4. The lowest BCUT2D eigenvalue weighted by atomic mass is 10.2. The second-order valence-corrected chi connectivity index (χ2v) is 2.88. The maximum absolute atomic E-state index is 12.7. The number of carbonyl (C=O) groups is 1. The van der Waals surface area contributed by atoms with Gasteiger partial charge in [0.2, 0.25) is 5.83 Å². The highest BCUT2D eigenvalue weighted by Crippen LogP contribution is 2.27. The highest BCUT2D eigenvalue weighted by atomic mass is 19.4. The van der Waals surface area contributed by atoms with Crippen LogP contribution in [0.4, 0.5) is 17.6 Å². The Morgan fingerprint density at radius 1 is 1.29 bits per heavy atom. The van der Waals surface area contributed by atoms with E-state index in [9.17, 15) is 22.4 Å². The predicted octanol–water partition coefficient (Wildman–Crippen LogP) is 2.98. The van der Waals surface area contributed by atoms with Crippen molar-refractivity contribution < 1.29 is 32.2 Å². The number of carboxylic acid groups (broad SMARTS) is 1. The van der Waals surface area contributed by atoms with E-state index in [-0.39, 0.29) is 5.56 Å². The molecule has 7 heteroatoms. The van der Waals surface area contributed by atoms with E-state index in [1.165, 1.54) is 12.1 Å². The van der Waals surface area contributed by atoms with Gasteiger partial charge in [-0.1, -0.05) is 18.2 Å². The molecule has 0 saturated carbocycles.